The summed E-state index contributed by atoms with van der Waals surface area (Å²) in [7, 11) is -4.35. The Kier molecular flexibility index (Phi) is 4.90. The Balaban J connectivity index is 2.88. The van der Waals surface area contributed by atoms with Crippen molar-refractivity contribution in [2.45, 2.75) is 28.4 Å². The lowest BCUT2D eigenvalue weighted by molar-refractivity contribution is -0.114. The molecule has 92 valence electrons. The molecule has 1 fully saturated rings. The van der Waals surface area contributed by atoms with Crippen molar-refractivity contribution < 1.29 is 17.8 Å². The summed E-state index contributed by atoms with van der Waals surface area (Å²) in [4.78, 5) is 11.5. The Morgan fingerprint density at radius 1 is 1.69 bits per heavy atom. The number of ketones is 1. The molecule has 16 heavy (non-hydrogen) atoms. The van der Waals surface area contributed by atoms with Gasteiger partial charge in [0.05, 0.1) is 4.58 Å². The van der Waals surface area contributed by atoms with Gasteiger partial charge in [0.25, 0.3) is 10.1 Å². The summed E-state index contributed by atoms with van der Waals surface area (Å²) in [5.41, 5.74) is 0. The number of carbonyl (C=O) groups excluding carboxylic acids is 1. The van der Waals surface area contributed by atoms with E-state index in [2.05, 4.69) is 6.58 Å². The van der Waals surface area contributed by atoms with E-state index >= 15 is 0 Å². The third kappa shape index (κ3) is 3.26. The van der Waals surface area contributed by atoms with Crippen molar-refractivity contribution in [3.8, 4) is 0 Å². The Hall–Kier alpha value is 0.0200. The molecule has 1 rings (SSSR count). The van der Waals surface area contributed by atoms with Crippen molar-refractivity contribution in [1.29, 1.82) is 0 Å². The average molecular weight is 282 g/mol. The van der Waals surface area contributed by atoms with Gasteiger partial charge in [-0.3, -0.25) is 9.35 Å². The lowest BCUT2D eigenvalue weighted by Crippen LogP contribution is -2.38. The van der Waals surface area contributed by atoms with Gasteiger partial charge in [-0.2, -0.15) is 8.42 Å². The zero-order chi connectivity index (χ0) is 12.3. The van der Waals surface area contributed by atoms with Gasteiger partial charge in [0.2, 0.25) is 0 Å². The van der Waals surface area contributed by atoms with Gasteiger partial charge >= 0.3 is 0 Å². The van der Waals surface area contributed by atoms with Gasteiger partial charge in [-0.25, -0.2) is 0 Å². The van der Waals surface area contributed by atoms with Gasteiger partial charge in [-0.05, 0) is 12.5 Å². The third-order valence-electron chi connectivity index (χ3n) is 2.25. The van der Waals surface area contributed by atoms with Crippen molar-refractivity contribution in [2.75, 3.05) is 5.75 Å². The lowest BCUT2D eigenvalue weighted by atomic mass is 10.2. The highest BCUT2D eigenvalue weighted by molar-refractivity contribution is 8.20. The second-order valence-corrected chi connectivity index (χ2v) is 7.91. The van der Waals surface area contributed by atoms with Gasteiger partial charge in [0.15, 0.2) is 11.0 Å². The summed E-state index contributed by atoms with van der Waals surface area (Å²) in [6.07, 6.45) is 1.87. The highest BCUT2D eigenvalue weighted by Gasteiger charge is 2.41. The molecule has 1 heterocycles. The molecule has 0 amide bonds. The molecule has 3 unspecified atom stereocenters. The summed E-state index contributed by atoms with van der Waals surface area (Å²) >= 11 is 3.07. The molecule has 0 radical (unpaired) electrons. The molecular formula is C9H14O4S3. The van der Waals surface area contributed by atoms with E-state index in [9.17, 15) is 13.2 Å². The molecule has 0 spiro atoms. The first-order valence-electron chi connectivity index (χ1n) is 4.79. The Morgan fingerprint density at radius 2 is 2.31 bits per heavy atom. The summed E-state index contributed by atoms with van der Waals surface area (Å²) in [5.74, 6) is -0.0647. The zero-order valence-corrected chi connectivity index (χ0v) is 11.3. The minimum atomic E-state index is -4.35. The minimum absolute atomic E-state index is 0.298. The van der Waals surface area contributed by atoms with Crippen molar-refractivity contribution in [1.82, 2.24) is 0 Å². The number of rotatable bonds is 5. The fraction of sp³-hybridized carbons (Fsp3) is 0.667. The summed E-state index contributed by atoms with van der Waals surface area (Å²) < 4.78 is 31.7. The molecule has 1 saturated heterocycles. The van der Waals surface area contributed by atoms with E-state index in [4.69, 9.17) is 4.55 Å². The zero-order valence-electron chi connectivity index (χ0n) is 8.83. The van der Waals surface area contributed by atoms with Crippen molar-refractivity contribution >= 4 is 39.4 Å². The molecule has 0 aromatic rings. The molecule has 0 bridgehead atoms. The number of hydrogen-bond acceptors (Lipinski definition) is 5. The van der Waals surface area contributed by atoms with Crippen LogP contribution in [-0.2, 0) is 14.9 Å². The Bertz CT molecular complexity index is 376. The third-order valence-corrected chi connectivity index (χ3v) is 7.26. The summed E-state index contributed by atoms with van der Waals surface area (Å²) in [6.45, 7) is 5.27. The Morgan fingerprint density at radius 3 is 2.69 bits per heavy atom. The molecule has 0 aliphatic carbocycles. The van der Waals surface area contributed by atoms with Crippen molar-refractivity contribution in [2.24, 2.45) is 0 Å². The fourth-order valence-corrected chi connectivity index (χ4v) is 6.31. The standard InChI is InChI=1S/C9H14O4S3/c1-3-6(10)9(16(11,12)13)7-5-14-8(4-2)15-7/h3,7-9H,1,4-5H2,2H3,(H,11,12,13). The topological polar surface area (TPSA) is 71.4 Å². The van der Waals surface area contributed by atoms with Crippen LogP contribution in [0.15, 0.2) is 12.7 Å². The molecule has 0 aromatic carbocycles. The molecule has 0 aromatic heterocycles. The molecule has 4 nitrogen and oxygen atoms in total. The highest BCUT2D eigenvalue weighted by Crippen LogP contribution is 2.42. The smallest absolute Gasteiger partial charge is 0.276 e. The van der Waals surface area contributed by atoms with Crippen LogP contribution in [0, 0.1) is 0 Å². The van der Waals surface area contributed by atoms with Crippen molar-refractivity contribution in [3.05, 3.63) is 12.7 Å². The van der Waals surface area contributed by atoms with E-state index in [0.29, 0.717) is 10.3 Å². The number of carbonyl (C=O) groups is 1. The minimum Gasteiger partial charge on any atom is -0.293 e. The average Bonchev–Trinajstić information content (AvgIpc) is 2.64. The number of hydrogen-bond donors (Lipinski definition) is 1. The van der Waals surface area contributed by atoms with Gasteiger partial charge in [0, 0.05) is 11.0 Å². The first-order chi connectivity index (χ1) is 7.40. The van der Waals surface area contributed by atoms with Crippen LogP contribution >= 0.6 is 23.5 Å². The van der Waals surface area contributed by atoms with Crippen LogP contribution in [0.5, 0.6) is 0 Å². The van der Waals surface area contributed by atoms with E-state index in [1.807, 2.05) is 6.92 Å². The highest BCUT2D eigenvalue weighted by atomic mass is 32.2. The number of thioether (sulfide) groups is 2. The Labute approximate surface area is 104 Å². The molecule has 1 N–H and O–H groups in total. The molecule has 0 saturated carbocycles. The van der Waals surface area contributed by atoms with Crippen LogP contribution in [-0.4, -0.2) is 39.6 Å². The first kappa shape index (κ1) is 14.1. The van der Waals surface area contributed by atoms with E-state index in [1.165, 1.54) is 11.8 Å². The van der Waals surface area contributed by atoms with E-state index in [1.54, 1.807) is 11.8 Å². The molecule has 3 atom stereocenters. The van der Waals surface area contributed by atoms with Crippen LogP contribution in [0.2, 0.25) is 0 Å². The number of allylic oxidation sites excluding steroid dienone is 1. The lowest BCUT2D eigenvalue weighted by Gasteiger charge is -2.16. The monoisotopic (exact) mass is 282 g/mol. The van der Waals surface area contributed by atoms with Crippen LogP contribution in [0.3, 0.4) is 0 Å². The molecular weight excluding hydrogens is 268 g/mol. The quantitative estimate of drug-likeness (QED) is 0.610. The maximum absolute atomic E-state index is 11.5. The van der Waals surface area contributed by atoms with Crippen LogP contribution in [0.1, 0.15) is 13.3 Å². The summed E-state index contributed by atoms with van der Waals surface area (Å²) in [6, 6.07) is 0. The van der Waals surface area contributed by atoms with Gasteiger partial charge in [-0.15, -0.1) is 23.5 Å². The van der Waals surface area contributed by atoms with Gasteiger partial charge < -0.3 is 0 Å². The van der Waals surface area contributed by atoms with E-state index in [-0.39, 0.29) is 5.25 Å². The second-order valence-electron chi connectivity index (χ2n) is 3.39. The van der Waals surface area contributed by atoms with E-state index < -0.39 is 21.2 Å². The van der Waals surface area contributed by atoms with Crippen molar-refractivity contribution in [3.63, 3.8) is 0 Å². The largest absolute Gasteiger partial charge is 0.293 e. The maximum Gasteiger partial charge on any atom is 0.276 e. The van der Waals surface area contributed by atoms with Gasteiger partial charge in [0.1, 0.15) is 0 Å². The van der Waals surface area contributed by atoms with Crippen LogP contribution < -0.4 is 0 Å². The SMILES string of the molecule is C=CC(=O)C(C1CSC(CC)S1)S(=O)(=O)O. The fourth-order valence-electron chi connectivity index (χ4n) is 1.49. The second kappa shape index (κ2) is 5.57. The maximum atomic E-state index is 11.5. The normalized spacial score (nSPS) is 27.6. The molecule has 1 aliphatic rings. The molecule has 1 aliphatic heterocycles. The summed E-state index contributed by atoms with van der Waals surface area (Å²) in [5, 5.41) is -1.74. The van der Waals surface area contributed by atoms with Gasteiger partial charge in [-0.1, -0.05) is 13.5 Å². The van der Waals surface area contributed by atoms with Crippen LogP contribution in [0.25, 0.3) is 0 Å². The predicted molar refractivity (Wildman–Crippen MR) is 68.5 cm³/mol. The van der Waals surface area contributed by atoms with Crippen LogP contribution in [0.4, 0.5) is 0 Å². The predicted octanol–water partition coefficient (Wildman–Crippen LogP) is 1.58. The van der Waals surface area contributed by atoms with E-state index in [0.717, 1.165) is 12.5 Å². The first-order valence-corrected chi connectivity index (χ1v) is 8.29. The molecule has 7 heteroatoms.